The molecule has 76 valence electrons. The minimum atomic E-state index is -4.89. The third-order valence-corrected chi connectivity index (χ3v) is 1.30. The molecule has 0 saturated carbocycles. The summed E-state index contributed by atoms with van der Waals surface area (Å²) in [5.74, 6) is -2.91. The average molecular weight is 213 g/mol. The van der Waals surface area contributed by atoms with Crippen LogP contribution in [0.3, 0.4) is 0 Å². The molecule has 9 heteroatoms. The van der Waals surface area contributed by atoms with Crippen LogP contribution in [0.15, 0.2) is 0 Å². The van der Waals surface area contributed by atoms with Crippen LogP contribution >= 0.6 is 0 Å². The van der Waals surface area contributed by atoms with Gasteiger partial charge in [-0.1, -0.05) is 0 Å². The molecule has 0 spiro atoms. The number of carbonyl (C=O) groups is 2. The summed E-state index contributed by atoms with van der Waals surface area (Å²) in [5.41, 5.74) is 4.86. The molecule has 13 heavy (non-hydrogen) atoms. The van der Waals surface area contributed by atoms with E-state index in [1.807, 2.05) is 0 Å². The first-order chi connectivity index (χ1) is 5.72. The van der Waals surface area contributed by atoms with Gasteiger partial charge in [-0.2, -0.15) is 8.42 Å². The highest BCUT2D eigenvalue weighted by atomic mass is 32.3. The molecule has 0 radical (unpaired) electrons. The van der Waals surface area contributed by atoms with E-state index in [0.29, 0.717) is 0 Å². The molecule has 0 aromatic heterocycles. The van der Waals surface area contributed by atoms with E-state index in [4.69, 9.17) is 15.4 Å². The molecular weight excluding hydrogens is 206 g/mol. The zero-order chi connectivity index (χ0) is 10.6. The normalized spacial score (nSPS) is 13.4. The molecule has 0 aromatic rings. The maximum absolute atomic E-state index is 10.5. The lowest BCUT2D eigenvalue weighted by atomic mass is 10.2. The first-order valence-corrected chi connectivity index (χ1v) is 4.27. The van der Waals surface area contributed by atoms with Gasteiger partial charge in [0.05, 0.1) is 6.42 Å². The lowest BCUT2D eigenvalue weighted by molar-refractivity contribution is -0.143. The van der Waals surface area contributed by atoms with Crippen molar-refractivity contribution in [3.05, 3.63) is 0 Å². The topological polar surface area (TPSA) is 144 Å². The lowest BCUT2D eigenvalue weighted by Crippen LogP contribution is -2.33. The fourth-order valence-electron chi connectivity index (χ4n) is 0.418. The van der Waals surface area contributed by atoms with Gasteiger partial charge in [-0.25, -0.2) is 0 Å². The van der Waals surface area contributed by atoms with E-state index in [9.17, 15) is 18.0 Å². The molecule has 0 aliphatic heterocycles. The average Bonchev–Trinajstić information content (AvgIpc) is 1.81. The van der Waals surface area contributed by atoms with Crippen LogP contribution in [0.2, 0.25) is 0 Å². The maximum Gasteiger partial charge on any atom is 0.448 e. The van der Waals surface area contributed by atoms with Crippen molar-refractivity contribution in [2.24, 2.45) is 5.73 Å². The highest BCUT2D eigenvalue weighted by Gasteiger charge is 2.20. The number of carbonyl (C=O) groups excluding carboxylic acids is 1. The summed E-state index contributed by atoms with van der Waals surface area (Å²) in [5, 5.41) is 8.18. The van der Waals surface area contributed by atoms with E-state index in [1.165, 1.54) is 0 Å². The summed E-state index contributed by atoms with van der Waals surface area (Å²) < 4.78 is 31.2. The van der Waals surface area contributed by atoms with Gasteiger partial charge in [0, 0.05) is 0 Å². The van der Waals surface area contributed by atoms with Crippen molar-refractivity contribution in [3.63, 3.8) is 0 Å². The first kappa shape index (κ1) is 11.8. The van der Waals surface area contributed by atoms with Crippen molar-refractivity contribution in [2.45, 2.75) is 12.5 Å². The minimum absolute atomic E-state index is 0.838. The van der Waals surface area contributed by atoms with Crippen LogP contribution in [0.1, 0.15) is 6.42 Å². The second-order valence-electron chi connectivity index (χ2n) is 2.03. The molecule has 0 bridgehead atoms. The SMILES string of the molecule is N[C@@H](CC(=O)OS(=O)(=O)O)C(=O)O. The molecule has 0 rings (SSSR count). The standard InChI is InChI=1S/C4H7NO7S/c5-2(4(7)8)1-3(6)12-13(9,10)11/h2H,1,5H2,(H,7,8)(H,9,10,11)/t2-/m0/s1. The molecule has 1 atom stereocenters. The van der Waals surface area contributed by atoms with Crippen LogP contribution in [-0.4, -0.2) is 36.1 Å². The van der Waals surface area contributed by atoms with Gasteiger partial charge in [-0.3, -0.25) is 14.1 Å². The van der Waals surface area contributed by atoms with E-state index in [1.54, 1.807) is 0 Å². The molecule has 0 amide bonds. The maximum atomic E-state index is 10.5. The Hall–Kier alpha value is -1.19. The molecule has 4 N–H and O–H groups in total. The number of hydrogen-bond donors (Lipinski definition) is 3. The highest BCUT2D eigenvalue weighted by Crippen LogP contribution is 1.95. The zero-order valence-electron chi connectivity index (χ0n) is 6.21. The van der Waals surface area contributed by atoms with E-state index in [0.717, 1.165) is 0 Å². The van der Waals surface area contributed by atoms with E-state index < -0.39 is 34.8 Å². The summed E-state index contributed by atoms with van der Waals surface area (Å²) in [4.78, 5) is 20.5. The van der Waals surface area contributed by atoms with Gasteiger partial charge in [0.2, 0.25) is 0 Å². The highest BCUT2D eigenvalue weighted by molar-refractivity contribution is 7.81. The summed E-state index contributed by atoms with van der Waals surface area (Å²) in [6.07, 6.45) is -0.838. The third kappa shape index (κ3) is 6.02. The zero-order valence-corrected chi connectivity index (χ0v) is 7.02. The van der Waals surface area contributed by atoms with Crippen LogP contribution in [0, 0.1) is 0 Å². The van der Waals surface area contributed by atoms with E-state index >= 15 is 0 Å². The van der Waals surface area contributed by atoms with Gasteiger partial charge >= 0.3 is 22.3 Å². The second kappa shape index (κ2) is 4.16. The largest absolute Gasteiger partial charge is 0.480 e. The summed E-state index contributed by atoms with van der Waals surface area (Å²) in [6, 6.07) is -1.56. The van der Waals surface area contributed by atoms with Crippen molar-refractivity contribution in [2.75, 3.05) is 0 Å². The number of carboxylic acid groups (broad SMARTS) is 1. The van der Waals surface area contributed by atoms with E-state index in [2.05, 4.69) is 4.18 Å². The van der Waals surface area contributed by atoms with Crippen molar-refractivity contribution in [1.29, 1.82) is 0 Å². The van der Waals surface area contributed by atoms with Gasteiger partial charge in [0.15, 0.2) is 0 Å². The number of hydrogen-bond acceptors (Lipinski definition) is 6. The third-order valence-electron chi connectivity index (χ3n) is 0.902. The summed E-state index contributed by atoms with van der Waals surface area (Å²) in [6.45, 7) is 0. The van der Waals surface area contributed by atoms with E-state index in [-0.39, 0.29) is 0 Å². The molecule has 0 aromatic carbocycles. The Morgan fingerprint density at radius 1 is 1.46 bits per heavy atom. The van der Waals surface area contributed by atoms with Gasteiger partial charge < -0.3 is 15.0 Å². The first-order valence-electron chi connectivity index (χ1n) is 2.90. The number of carboxylic acids is 1. The van der Waals surface area contributed by atoms with Crippen LogP contribution in [-0.2, 0) is 24.2 Å². The monoisotopic (exact) mass is 213 g/mol. The predicted octanol–water partition coefficient (Wildman–Crippen LogP) is -1.87. The predicted molar refractivity (Wildman–Crippen MR) is 37.9 cm³/mol. The Morgan fingerprint density at radius 3 is 2.23 bits per heavy atom. The lowest BCUT2D eigenvalue weighted by Gasteiger charge is -2.03. The van der Waals surface area contributed by atoms with Crippen molar-refractivity contribution in [1.82, 2.24) is 0 Å². The Morgan fingerprint density at radius 2 is 1.92 bits per heavy atom. The van der Waals surface area contributed by atoms with Crippen LogP contribution in [0.5, 0.6) is 0 Å². The molecule has 0 aliphatic rings. The van der Waals surface area contributed by atoms with Crippen molar-refractivity contribution < 1.29 is 31.8 Å². The van der Waals surface area contributed by atoms with Crippen LogP contribution in [0.4, 0.5) is 0 Å². The number of rotatable bonds is 4. The molecular formula is C4H7NO7S. The molecule has 8 nitrogen and oxygen atoms in total. The Bertz CT molecular complexity index is 306. The molecule has 0 heterocycles. The fourth-order valence-corrected chi connectivity index (χ4v) is 0.721. The Labute approximate surface area is 73.2 Å². The van der Waals surface area contributed by atoms with Gasteiger partial charge in [0.25, 0.3) is 0 Å². The fraction of sp³-hybridized carbons (Fsp3) is 0.500. The summed E-state index contributed by atoms with van der Waals surface area (Å²) in [7, 11) is -4.89. The smallest absolute Gasteiger partial charge is 0.448 e. The van der Waals surface area contributed by atoms with Crippen molar-refractivity contribution >= 4 is 22.3 Å². The minimum Gasteiger partial charge on any atom is -0.480 e. The van der Waals surface area contributed by atoms with Crippen LogP contribution in [0.25, 0.3) is 0 Å². The van der Waals surface area contributed by atoms with Gasteiger partial charge in [-0.15, -0.1) is 0 Å². The molecule has 0 unspecified atom stereocenters. The second-order valence-corrected chi connectivity index (χ2v) is 3.05. The molecule has 0 aliphatic carbocycles. The summed E-state index contributed by atoms with van der Waals surface area (Å²) >= 11 is 0. The Balaban J connectivity index is 4.11. The number of aliphatic carboxylic acids is 1. The van der Waals surface area contributed by atoms with Gasteiger partial charge in [-0.05, 0) is 0 Å². The van der Waals surface area contributed by atoms with Gasteiger partial charge in [0.1, 0.15) is 6.04 Å². The van der Waals surface area contributed by atoms with Crippen LogP contribution < -0.4 is 5.73 Å². The number of nitrogens with two attached hydrogens (primary N) is 1. The molecule has 0 fully saturated rings. The Kier molecular flexibility index (Phi) is 3.78. The quantitative estimate of drug-likeness (QED) is 0.461. The molecule has 0 saturated heterocycles. The van der Waals surface area contributed by atoms with Crippen molar-refractivity contribution in [3.8, 4) is 0 Å².